The molecule has 0 spiro atoms. The van der Waals surface area contributed by atoms with Crippen LogP contribution in [0.3, 0.4) is 0 Å². The first kappa shape index (κ1) is 19.8. The molecule has 0 aliphatic heterocycles. The van der Waals surface area contributed by atoms with Gasteiger partial charge in [0.1, 0.15) is 23.0 Å². The molecule has 0 heterocycles. The van der Waals surface area contributed by atoms with Crippen LogP contribution < -0.4 is 10.1 Å². The molecule has 1 amide bonds. The molecule has 24 heavy (non-hydrogen) atoms. The summed E-state index contributed by atoms with van der Waals surface area (Å²) in [5.41, 5.74) is -0.206. The average molecular weight is 337 g/mol. The molecule has 1 unspecified atom stereocenters. The lowest BCUT2D eigenvalue weighted by molar-refractivity contribution is -0.139. The van der Waals surface area contributed by atoms with Gasteiger partial charge in [-0.3, -0.25) is 0 Å². The van der Waals surface area contributed by atoms with Crippen LogP contribution in [-0.4, -0.2) is 34.4 Å². The second kappa shape index (κ2) is 7.55. The molecule has 0 saturated carbocycles. The number of aliphatic carboxylic acids is 1. The minimum absolute atomic E-state index is 0.157. The predicted molar refractivity (Wildman–Crippen MR) is 91.3 cm³/mol. The summed E-state index contributed by atoms with van der Waals surface area (Å²) in [6.07, 6.45) is -0.590. The van der Waals surface area contributed by atoms with Crippen molar-refractivity contribution in [1.82, 2.24) is 5.32 Å². The summed E-state index contributed by atoms with van der Waals surface area (Å²) < 4.78 is 10.8. The van der Waals surface area contributed by atoms with Crippen molar-refractivity contribution in [2.75, 3.05) is 0 Å². The standard InChI is InChI=1S/C18H27NO5/c1-17(2,3)23-13-9-7-12(8-10-13)11-14(15(20)21)19-16(22)24-18(4,5)6/h7-10,14H,11H2,1-6H3,(H,19,22)(H,20,21). The SMILES string of the molecule is CC(C)(C)OC(=O)NC(Cc1ccc(OC(C)(C)C)cc1)C(=O)O. The maximum Gasteiger partial charge on any atom is 0.408 e. The van der Waals surface area contributed by atoms with Crippen LogP contribution in [0.15, 0.2) is 24.3 Å². The van der Waals surface area contributed by atoms with Crippen molar-refractivity contribution in [3.8, 4) is 5.75 Å². The molecule has 1 rings (SSSR count). The van der Waals surface area contributed by atoms with Crippen LogP contribution in [-0.2, 0) is 16.0 Å². The van der Waals surface area contributed by atoms with Crippen LogP contribution in [0.1, 0.15) is 47.1 Å². The molecule has 0 bridgehead atoms. The topological polar surface area (TPSA) is 84.9 Å². The lowest BCUT2D eigenvalue weighted by atomic mass is 10.1. The van der Waals surface area contributed by atoms with E-state index in [0.717, 1.165) is 5.56 Å². The summed E-state index contributed by atoms with van der Waals surface area (Å²) in [6, 6.07) is 6.08. The summed E-state index contributed by atoms with van der Waals surface area (Å²) >= 11 is 0. The number of hydrogen-bond acceptors (Lipinski definition) is 4. The number of ether oxygens (including phenoxy) is 2. The Bertz CT molecular complexity index is 567. The van der Waals surface area contributed by atoms with Gasteiger partial charge in [-0.15, -0.1) is 0 Å². The summed E-state index contributed by atoms with van der Waals surface area (Å²) in [4.78, 5) is 23.1. The van der Waals surface area contributed by atoms with E-state index in [4.69, 9.17) is 9.47 Å². The highest BCUT2D eigenvalue weighted by Crippen LogP contribution is 2.19. The van der Waals surface area contributed by atoms with Crippen molar-refractivity contribution in [3.63, 3.8) is 0 Å². The Morgan fingerprint density at radius 3 is 2.00 bits per heavy atom. The number of nitrogens with one attached hydrogen (secondary N) is 1. The maximum absolute atomic E-state index is 11.8. The molecular formula is C18H27NO5. The quantitative estimate of drug-likeness (QED) is 0.860. The number of hydrogen-bond donors (Lipinski definition) is 2. The molecule has 6 nitrogen and oxygen atoms in total. The highest BCUT2D eigenvalue weighted by Gasteiger charge is 2.24. The third-order valence-electron chi connectivity index (χ3n) is 2.78. The number of carbonyl (C=O) groups excluding carboxylic acids is 1. The first-order valence-electron chi connectivity index (χ1n) is 7.86. The fraction of sp³-hybridized carbons (Fsp3) is 0.556. The molecule has 0 radical (unpaired) electrons. The van der Waals surface area contributed by atoms with Crippen LogP contribution in [0.5, 0.6) is 5.75 Å². The lowest BCUT2D eigenvalue weighted by Crippen LogP contribution is -2.44. The van der Waals surface area contributed by atoms with Gasteiger partial charge in [0, 0.05) is 6.42 Å². The molecule has 1 aromatic carbocycles. The van der Waals surface area contributed by atoms with Crippen molar-refractivity contribution in [3.05, 3.63) is 29.8 Å². The van der Waals surface area contributed by atoms with E-state index in [1.165, 1.54) is 0 Å². The molecule has 0 aliphatic carbocycles. The number of rotatable bonds is 5. The fourth-order valence-corrected chi connectivity index (χ4v) is 1.93. The van der Waals surface area contributed by atoms with E-state index in [1.54, 1.807) is 45.0 Å². The Hall–Kier alpha value is -2.24. The zero-order valence-corrected chi connectivity index (χ0v) is 15.2. The molecule has 0 aliphatic rings. The second-order valence-corrected chi connectivity index (χ2v) is 7.60. The Morgan fingerprint density at radius 1 is 1.04 bits per heavy atom. The number of carbonyl (C=O) groups is 2. The Labute approximate surface area is 143 Å². The van der Waals surface area contributed by atoms with E-state index in [2.05, 4.69) is 5.32 Å². The Morgan fingerprint density at radius 2 is 1.58 bits per heavy atom. The van der Waals surface area contributed by atoms with Gasteiger partial charge in [0.15, 0.2) is 0 Å². The summed E-state index contributed by atoms with van der Waals surface area (Å²) in [5, 5.41) is 11.7. The molecule has 0 fully saturated rings. The third-order valence-corrected chi connectivity index (χ3v) is 2.78. The molecule has 2 N–H and O–H groups in total. The van der Waals surface area contributed by atoms with E-state index < -0.39 is 23.7 Å². The van der Waals surface area contributed by atoms with Gasteiger partial charge < -0.3 is 19.9 Å². The van der Waals surface area contributed by atoms with Crippen LogP contribution in [0.4, 0.5) is 4.79 Å². The lowest BCUT2D eigenvalue weighted by Gasteiger charge is -2.22. The molecule has 6 heteroatoms. The van der Waals surface area contributed by atoms with Crippen LogP contribution >= 0.6 is 0 Å². The van der Waals surface area contributed by atoms with Crippen molar-refractivity contribution in [2.45, 2.75) is 65.2 Å². The number of carboxylic acid groups (broad SMARTS) is 1. The number of amides is 1. The van der Waals surface area contributed by atoms with Gasteiger partial charge in [-0.1, -0.05) is 12.1 Å². The van der Waals surface area contributed by atoms with E-state index in [0.29, 0.717) is 5.75 Å². The monoisotopic (exact) mass is 337 g/mol. The molecular weight excluding hydrogens is 310 g/mol. The summed E-state index contributed by atoms with van der Waals surface area (Å²) in [5.74, 6) is -0.408. The molecule has 0 saturated heterocycles. The number of alkyl carbamates (subject to hydrolysis) is 1. The van der Waals surface area contributed by atoms with Crippen LogP contribution in [0.2, 0.25) is 0 Å². The van der Waals surface area contributed by atoms with Gasteiger partial charge in [0.05, 0.1) is 0 Å². The van der Waals surface area contributed by atoms with Gasteiger partial charge >= 0.3 is 12.1 Å². The fourth-order valence-electron chi connectivity index (χ4n) is 1.93. The molecule has 1 aromatic rings. The molecule has 134 valence electrons. The van der Waals surface area contributed by atoms with Gasteiger partial charge in [-0.2, -0.15) is 0 Å². The molecule has 1 atom stereocenters. The first-order chi connectivity index (χ1) is 10.9. The predicted octanol–water partition coefficient (Wildman–Crippen LogP) is 3.38. The summed E-state index contributed by atoms with van der Waals surface area (Å²) in [7, 11) is 0. The smallest absolute Gasteiger partial charge is 0.408 e. The number of benzene rings is 1. The van der Waals surface area contributed by atoms with E-state index in [-0.39, 0.29) is 12.0 Å². The first-order valence-corrected chi connectivity index (χ1v) is 7.86. The normalized spacial score (nSPS) is 13.1. The minimum Gasteiger partial charge on any atom is -0.488 e. The number of carboxylic acids is 1. The third kappa shape index (κ3) is 7.85. The van der Waals surface area contributed by atoms with Crippen molar-refractivity contribution in [2.24, 2.45) is 0 Å². The average Bonchev–Trinajstić information content (AvgIpc) is 2.36. The molecule has 0 aromatic heterocycles. The Kier molecular flexibility index (Phi) is 6.23. The van der Waals surface area contributed by atoms with Gasteiger partial charge in [-0.05, 0) is 59.2 Å². The zero-order valence-electron chi connectivity index (χ0n) is 15.2. The van der Waals surface area contributed by atoms with Gasteiger partial charge in [-0.25, -0.2) is 9.59 Å². The highest BCUT2D eigenvalue weighted by molar-refractivity contribution is 5.80. The Balaban J connectivity index is 2.72. The van der Waals surface area contributed by atoms with E-state index >= 15 is 0 Å². The van der Waals surface area contributed by atoms with Crippen molar-refractivity contribution < 1.29 is 24.2 Å². The van der Waals surface area contributed by atoms with Gasteiger partial charge in [0.25, 0.3) is 0 Å². The van der Waals surface area contributed by atoms with Gasteiger partial charge in [0.2, 0.25) is 0 Å². The second-order valence-electron chi connectivity index (χ2n) is 7.60. The highest BCUT2D eigenvalue weighted by atomic mass is 16.6. The van der Waals surface area contributed by atoms with Crippen LogP contribution in [0.25, 0.3) is 0 Å². The summed E-state index contributed by atoms with van der Waals surface area (Å²) in [6.45, 7) is 11.0. The minimum atomic E-state index is -1.11. The van der Waals surface area contributed by atoms with E-state index in [9.17, 15) is 14.7 Å². The largest absolute Gasteiger partial charge is 0.488 e. The maximum atomic E-state index is 11.8. The van der Waals surface area contributed by atoms with E-state index in [1.807, 2.05) is 20.8 Å². The van der Waals surface area contributed by atoms with Crippen molar-refractivity contribution >= 4 is 12.1 Å². The van der Waals surface area contributed by atoms with Crippen LogP contribution in [0, 0.1) is 0 Å². The zero-order chi connectivity index (χ0) is 18.5. The van der Waals surface area contributed by atoms with Crippen molar-refractivity contribution in [1.29, 1.82) is 0 Å².